The van der Waals surface area contributed by atoms with Gasteiger partial charge in [0.2, 0.25) is 0 Å². The number of benzene rings is 1. The van der Waals surface area contributed by atoms with Gasteiger partial charge in [0.1, 0.15) is 11.6 Å². The Labute approximate surface area is 87.7 Å². The van der Waals surface area contributed by atoms with E-state index in [9.17, 15) is 13.9 Å². The maximum absolute atomic E-state index is 13.5. The lowest BCUT2D eigenvalue weighted by Gasteiger charge is -2.49. The molecule has 1 aromatic carbocycles. The number of aliphatic hydroxyl groups excluding tert-OH is 1. The fraction of sp³-hybridized carbons (Fsp3) is 0.500. The highest BCUT2D eigenvalue weighted by Crippen LogP contribution is 2.52. The van der Waals surface area contributed by atoms with E-state index in [1.54, 1.807) is 0 Å². The van der Waals surface area contributed by atoms with Crippen LogP contribution in [-0.2, 0) is 0 Å². The Morgan fingerprint density at radius 2 is 2.00 bits per heavy atom. The molecule has 0 aliphatic heterocycles. The van der Waals surface area contributed by atoms with Gasteiger partial charge in [-0.2, -0.15) is 0 Å². The van der Waals surface area contributed by atoms with Crippen molar-refractivity contribution in [1.29, 1.82) is 0 Å². The number of aliphatic hydroxyl groups is 1. The zero-order valence-electron chi connectivity index (χ0n) is 8.80. The van der Waals surface area contributed by atoms with Crippen LogP contribution in [-0.4, -0.2) is 11.2 Å². The minimum absolute atomic E-state index is 0.0203. The van der Waals surface area contributed by atoms with Gasteiger partial charge in [-0.15, -0.1) is 0 Å². The first kappa shape index (κ1) is 10.6. The van der Waals surface area contributed by atoms with Crippen molar-refractivity contribution in [1.82, 2.24) is 0 Å². The smallest absolute Gasteiger partial charge is 0.129 e. The highest BCUT2D eigenvalue weighted by atomic mass is 19.1. The molecule has 1 nitrogen and oxygen atoms in total. The minimum Gasteiger partial charge on any atom is -0.393 e. The highest BCUT2D eigenvalue weighted by Gasteiger charge is 2.48. The topological polar surface area (TPSA) is 20.2 Å². The second kappa shape index (κ2) is 3.27. The quantitative estimate of drug-likeness (QED) is 0.759. The van der Waals surface area contributed by atoms with Crippen molar-refractivity contribution >= 4 is 0 Å². The van der Waals surface area contributed by atoms with Crippen molar-refractivity contribution in [2.75, 3.05) is 0 Å². The first-order valence-electron chi connectivity index (χ1n) is 5.06. The van der Waals surface area contributed by atoms with Crippen LogP contribution in [0.3, 0.4) is 0 Å². The number of hydrogen-bond acceptors (Lipinski definition) is 1. The third-order valence-corrected chi connectivity index (χ3v) is 3.55. The standard InChI is InChI=1S/C12H14F2O/c1-12(2)9(6-11(12)15)8-4-3-7(13)5-10(8)14/h3-5,9,11,15H,6H2,1-2H3. The van der Waals surface area contributed by atoms with E-state index in [2.05, 4.69) is 0 Å². The Kier molecular flexibility index (Phi) is 2.30. The molecule has 0 radical (unpaired) electrons. The van der Waals surface area contributed by atoms with E-state index < -0.39 is 17.7 Å². The fourth-order valence-electron chi connectivity index (χ4n) is 2.21. The summed E-state index contributed by atoms with van der Waals surface area (Å²) >= 11 is 0. The molecule has 0 spiro atoms. The van der Waals surface area contributed by atoms with Crippen molar-refractivity contribution in [3.8, 4) is 0 Å². The molecule has 2 atom stereocenters. The molecule has 0 amide bonds. The monoisotopic (exact) mass is 212 g/mol. The van der Waals surface area contributed by atoms with Crippen molar-refractivity contribution in [3.63, 3.8) is 0 Å². The van der Waals surface area contributed by atoms with E-state index in [-0.39, 0.29) is 11.3 Å². The molecule has 3 heteroatoms. The Hall–Kier alpha value is -0.960. The molecular formula is C12H14F2O. The predicted octanol–water partition coefficient (Wildman–Crippen LogP) is 2.84. The molecule has 1 aliphatic rings. The zero-order chi connectivity index (χ0) is 11.2. The number of hydrogen-bond donors (Lipinski definition) is 1. The predicted molar refractivity (Wildman–Crippen MR) is 53.5 cm³/mol. The Morgan fingerprint density at radius 1 is 1.33 bits per heavy atom. The van der Waals surface area contributed by atoms with E-state index in [0.29, 0.717) is 12.0 Å². The van der Waals surface area contributed by atoms with Crippen LogP contribution in [0.4, 0.5) is 8.78 Å². The van der Waals surface area contributed by atoms with Crippen molar-refractivity contribution < 1.29 is 13.9 Å². The van der Waals surface area contributed by atoms with Gasteiger partial charge in [0.05, 0.1) is 6.10 Å². The lowest BCUT2D eigenvalue weighted by molar-refractivity contribution is -0.0635. The summed E-state index contributed by atoms with van der Waals surface area (Å²) in [7, 11) is 0. The summed E-state index contributed by atoms with van der Waals surface area (Å²) in [4.78, 5) is 0. The van der Waals surface area contributed by atoms with Crippen LogP contribution in [0.15, 0.2) is 18.2 Å². The lowest BCUT2D eigenvalue weighted by Crippen LogP contribution is -2.47. The van der Waals surface area contributed by atoms with Gasteiger partial charge >= 0.3 is 0 Å². The molecule has 0 bridgehead atoms. The number of halogens is 2. The second-order valence-electron chi connectivity index (χ2n) is 4.79. The molecule has 0 heterocycles. The van der Waals surface area contributed by atoms with Gasteiger partial charge in [0.15, 0.2) is 0 Å². The molecule has 0 saturated heterocycles. The molecule has 82 valence electrons. The average molecular weight is 212 g/mol. The molecule has 1 aliphatic carbocycles. The minimum atomic E-state index is -0.561. The highest BCUT2D eigenvalue weighted by molar-refractivity contribution is 5.28. The van der Waals surface area contributed by atoms with Crippen LogP contribution in [0.1, 0.15) is 31.7 Å². The van der Waals surface area contributed by atoms with Crippen LogP contribution in [0.25, 0.3) is 0 Å². The molecule has 1 fully saturated rings. The van der Waals surface area contributed by atoms with E-state index in [1.807, 2.05) is 13.8 Å². The van der Waals surface area contributed by atoms with Gasteiger partial charge in [-0.05, 0) is 29.4 Å². The summed E-state index contributed by atoms with van der Waals surface area (Å²) in [5.41, 5.74) is 0.185. The van der Waals surface area contributed by atoms with Gasteiger partial charge < -0.3 is 5.11 Å². The molecule has 2 rings (SSSR count). The van der Waals surface area contributed by atoms with Crippen molar-refractivity contribution in [2.24, 2.45) is 5.41 Å². The number of rotatable bonds is 1. The molecule has 1 aromatic rings. The third-order valence-electron chi connectivity index (χ3n) is 3.55. The summed E-state index contributed by atoms with van der Waals surface area (Å²) in [5.74, 6) is -1.10. The van der Waals surface area contributed by atoms with Gasteiger partial charge in [0, 0.05) is 6.07 Å². The molecule has 1 saturated carbocycles. The van der Waals surface area contributed by atoms with E-state index >= 15 is 0 Å². The van der Waals surface area contributed by atoms with Crippen molar-refractivity contribution in [2.45, 2.75) is 32.3 Å². The van der Waals surface area contributed by atoms with Gasteiger partial charge in [-0.25, -0.2) is 8.78 Å². The van der Waals surface area contributed by atoms with E-state index in [4.69, 9.17) is 0 Å². The van der Waals surface area contributed by atoms with Crippen molar-refractivity contribution in [3.05, 3.63) is 35.4 Å². The maximum Gasteiger partial charge on any atom is 0.129 e. The largest absolute Gasteiger partial charge is 0.393 e. The average Bonchev–Trinajstić information content (AvgIpc) is 2.15. The van der Waals surface area contributed by atoms with Gasteiger partial charge in [-0.1, -0.05) is 19.9 Å². The van der Waals surface area contributed by atoms with Crippen LogP contribution in [0.2, 0.25) is 0 Å². The SMILES string of the molecule is CC1(C)C(O)CC1c1ccc(F)cc1F. The normalized spacial score (nSPS) is 28.6. The summed E-state index contributed by atoms with van der Waals surface area (Å²) in [6, 6.07) is 3.64. The van der Waals surface area contributed by atoms with Crippen LogP contribution in [0, 0.1) is 17.0 Å². The van der Waals surface area contributed by atoms with Crippen LogP contribution in [0.5, 0.6) is 0 Å². The molecule has 0 aromatic heterocycles. The van der Waals surface area contributed by atoms with E-state index in [0.717, 1.165) is 6.07 Å². The van der Waals surface area contributed by atoms with E-state index in [1.165, 1.54) is 12.1 Å². The Balaban J connectivity index is 2.32. The molecule has 15 heavy (non-hydrogen) atoms. The van der Waals surface area contributed by atoms with Gasteiger partial charge in [-0.3, -0.25) is 0 Å². The first-order valence-corrected chi connectivity index (χ1v) is 5.06. The Morgan fingerprint density at radius 3 is 2.47 bits per heavy atom. The fourth-order valence-corrected chi connectivity index (χ4v) is 2.21. The Bertz CT molecular complexity index is 387. The lowest BCUT2D eigenvalue weighted by atomic mass is 9.58. The summed E-state index contributed by atoms with van der Waals surface area (Å²) in [5, 5.41) is 9.56. The van der Waals surface area contributed by atoms with Gasteiger partial charge in [0.25, 0.3) is 0 Å². The second-order valence-corrected chi connectivity index (χ2v) is 4.79. The summed E-state index contributed by atoms with van der Waals surface area (Å²) in [6.45, 7) is 3.79. The zero-order valence-corrected chi connectivity index (χ0v) is 8.80. The summed E-state index contributed by atoms with van der Waals surface area (Å²) < 4.78 is 26.2. The molecular weight excluding hydrogens is 198 g/mol. The third kappa shape index (κ3) is 1.55. The molecule has 1 N–H and O–H groups in total. The first-order chi connectivity index (χ1) is 6.93. The van der Waals surface area contributed by atoms with Crippen LogP contribution < -0.4 is 0 Å². The maximum atomic E-state index is 13.5. The molecule has 2 unspecified atom stereocenters. The summed E-state index contributed by atoms with van der Waals surface area (Å²) in [6.07, 6.45) is 0.155. The van der Waals surface area contributed by atoms with Crippen LogP contribution >= 0.6 is 0 Å².